The van der Waals surface area contributed by atoms with Gasteiger partial charge in [-0.25, -0.2) is 13.1 Å². The third kappa shape index (κ3) is 5.44. The number of piperidine rings is 1. The van der Waals surface area contributed by atoms with Crippen molar-refractivity contribution in [2.45, 2.75) is 37.6 Å². The first-order chi connectivity index (χ1) is 10.8. The Kier molecular flexibility index (Phi) is 7.66. The van der Waals surface area contributed by atoms with Crippen molar-refractivity contribution >= 4 is 28.4 Å². The SMILES string of the molecule is Cc1ccc(S(=O)(=O)NCC2CCCN(C(C)C(=O)O)C2)cc1.Cl. The number of nitrogens with one attached hydrogen (secondary N) is 1. The van der Waals surface area contributed by atoms with Crippen LogP contribution in [-0.4, -0.2) is 50.1 Å². The van der Waals surface area contributed by atoms with Crippen LogP contribution in [-0.2, 0) is 14.8 Å². The summed E-state index contributed by atoms with van der Waals surface area (Å²) >= 11 is 0. The van der Waals surface area contributed by atoms with Gasteiger partial charge in [0.15, 0.2) is 0 Å². The number of sulfonamides is 1. The van der Waals surface area contributed by atoms with Crippen molar-refractivity contribution in [3.05, 3.63) is 29.8 Å². The van der Waals surface area contributed by atoms with Crippen molar-refractivity contribution in [2.75, 3.05) is 19.6 Å². The number of benzene rings is 1. The number of hydrogen-bond donors (Lipinski definition) is 2. The van der Waals surface area contributed by atoms with Gasteiger partial charge in [0, 0.05) is 13.1 Å². The molecule has 1 aromatic carbocycles. The van der Waals surface area contributed by atoms with Crippen LogP contribution in [0.2, 0.25) is 0 Å². The highest BCUT2D eigenvalue weighted by Gasteiger charge is 2.28. The summed E-state index contributed by atoms with van der Waals surface area (Å²) in [6.07, 6.45) is 1.79. The number of aryl methyl sites for hydroxylation is 1. The van der Waals surface area contributed by atoms with E-state index in [0.29, 0.717) is 13.1 Å². The summed E-state index contributed by atoms with van der Waals surface area (Å²) in [5.41, 5.74) is 1.01. The first kappa shape index (κ1) is 20.9. The van der Waals surface area contributed by atoms with Crippen molar-refractivity contribution in [1.29, 1.82) is 0 Å². The topological polar surface area (TPSA) is 86.7 Å². The molecule has 1 fully saturated rings. The zero-order chi connectivity index (χ0) is 17.0. The predicted molar refractivity (Wildman–Crippen MR) is 95.0 cm³/mol. The molecular formula is C16H25ClN2O4S. The van der Waals surface area contributed by atoms with Crippen molar-refractivity contribution in [3.8, 4) is 0 Å². The fraction of sp³-hybridized carbons (Fsp3) is 0.562. The van der Waals surface area contributed by atoms with Crippen LogP contribution < -0.4 is 4.72 Å². The number of halogens is 1. The Labute approximate surface area is 149 Å². The molecule has 1 saturated heterocycles. The largest absolute Gasteiger partial charge is 0.480 e. The molecule has 0 spiro atoms. The van der Waals surface area contributed by atoms with Gasteiger partial charge in [-0.15, -0.1) is 12.4 Å². The maximum atomic E-state index is 12.3. The molecule has 136 valence electrons. The molecule has 24 heavy (non-hydrogen) atoms. The van der Waals surface area contributed by atoms with E-state index in [0.717, 1.165) is 24.9 Å². The summed E-state index contributed by atoms with van der Waals surface area (Å²) < 4.78 is 27.2. The average Bonchev–Trinajstić information content (AvgIpc) is 2.53. The second kappa shape index (κ2) is 8.80. The molecule has 2 N–H and O–H groups in total. The Morgan fingerprint density at radius 1 is 1.38 bits per heavy atom. The van der Waals surface area contributed by atoms with Crippen LogP contribution in [0, 0.1) is 12.8 Å². The van der Waals surface area contributed by atoms with Crippen molar-refractivity contribution < 1.29 is 18.3 Å². The lowest BCUT2D eigenvalue weighted by atomic mass is 9.97. The number of rotatable bonds is 6. The summed E-state index contributed by atoms with van der Waals surface area (Å²) in [7, 11) is -3.52. The summed E-state index contributed by atoms with van der Waals surface area (Å²) in [5.74, 6) is -0.711. The van der Waals surface area contributed by atoms with E-state index in [1.807, 2.05) is 11.8 Å². The highest BCUT2D eigenvalue weighted by Crippen LogP contribution is 2.19. The number of carboxylic acid groups (broad SMARTS) is 1. The molecule has 1 aliphatic heterocycles. The summed E-state index contributed by atoms with van der Waals surface area (Å²) in [4.78, 5) is 13.2. The molecule has 0 saturated carbocycles. The fourth-order valence-electron chi connectivity index (χ4n) is 2.80. The van der Waals surface area contributed by atoms with E-state index in [1.54, 1.807) is 31.2 Å². The Hall–Kier alpha value is -1.15. The Morgan fingerprint density at radius 2 is 2.00 bits per heavy atom. The Morgan fingerprint density at radius 3 is 2.58 bits per heavy atom. The van der Waals surface area contributed by atoms with Crippen molar-refractivity contribution in [2.24, 2.45) is 5.92 Å². The molecule has 2 rings (SSSR count). The first-order valence-corrected chi connectivity index (χ1v) is 9.31. The number of carbonyl (C=O) groups is 1. The fourth-order valence-corrected chi connectivity index (χ4v) is 3.92. The van der Waals surface area contributed by atoms with Crippen molar-refractivity contribution in [3.63, 3.8) is 0 Å². The number of carboxylic acids is 1. The minimum absolute atomic E-state index is 0. The Bertz CT molecular complexity index is 649. The van der Waals surface area contributed by atoms with E-state index in [4.69, 9.17) is 5.11 Å². The molecule has 1 heterocycles. The zero-order valence-corrected chi connectivity index (χ0v) is 15.6. The van der Waals surface area contributed by atoms with Gasteiger partial charge < -0.3 is 5.11 Å². The molecule has 1 aromatic rings. The summed E-state index contributed by atoms with van der Waals surface area (Å²) in [6, 6.07) is 6.19. The monoisotopic (exact) mass is 376 g/mol. The molecule has 6 nitrogen and oxygen atoms in total. The number of nitrogens with zero attached hydrogens (tertiary/aromatic N) is 1. The second-order valence-corrected chi connectivity index (χ2v) is 7.95. The van der Waals surface area contributed by atoms with Gasteiger partial charge in [-0.2, -0.15) is 0 Å². The van der Waals surface area contributed by atoms with E-state index in [-0.39, 0.29) is 23.2 Å². The average molecular weight is 377 g/mol. The molecule has 2 unspecified atom stereocenters. The molecule has 2 atom stereocenters. The van der Waals surface area contributed by atoms with Gasteiger partial charge in [0.05, 0.1) is 4.90 Å². The number of hydrogen-bond acceptors (Lipinski definition) is 4. The molecule has 0 aromatic heterocycles. The normalized spacial score (nSPS) is 20.2. The number of likely N-dealkylation sites (tertiary alicyclic amines) is 1. The third-order valence-electron chi connectivity index (χ3n) is 4.35. The zero-order valence-electron chi connectivity index (χ0n) is 13.9. The van der Waals surface area contributed by atoms with Gasteiger partial charge in [0.1, 0.15) is 6.04 Å². The second-order valence-electron chi connectivity index (χ2n) is 6.18. The lowest BCUT2D eigenvalue weighted by molar-refractivity contribution is -0.143. The van der Waals surface area contributed by atoms with Crippen LogP contribution in [0.3, 0.4) is 0 Å². The summed E-state index contributed by atoms with van der Waals surface area (Å²) in [6.45, 7) is 5.25. The minimum atomic E-state index is -3.52. The van der Waals surface area contributed by atoms with Gasteiger partial charge in [-0.3, -0.25) is 9.69 Å². The molecule has 0 bridgehead atoms. The lowest BCUT2D eigenvalue weighted by Gasteiger charge is -2.35. The van der Waals surface area contributed by atoms with Gasteiger partial charge in [0.25, 0.3) is 0 Å². The summed E-state index contributed by atoms with van der Waals surface area (Å²) in [5, 5.41) is 9.10. The van der Waals surface area contributed by atoms with Crippen molar-refractivity contribution in [1.82, 2.24) is 9.62 Å². The van der Waals surface area contributed by atoms with Gasteiger partial charge in [-0.05, 0) is 51.3 Å². The molecule has 0 amide bonds. The molecule has 1 aliphatic rings. The van der Waals surface area contributed by atoms with Crippen LogP contribution in [0.15, 0.2) is 29.2 Å². The van der Waals surface area contributed by atoms with Crippen LogP contribution in [0.4, 0.5) is 0 Å². The Balaban J connectivity index is 0.00000288. The molecule has 8 heteroatoms. The first-order valence-electron chi connectivity index (χ1n) is 7.83. The highest BCUT2D eigenvalue weighted by atomic mass is 35.5. The number of aliphatic carboxylic acids is 1. The van der Waals surface area contributed by atoms with E-state index in [9.17, 15) is 13.2 Å². The minimum Gasteiger partial charge on any atom is -0.480 e. The third-order valence-corrected chi connectivity index (χ3v) is 5.79. The van der Waals surface area contributed by atoms with Gasteiger partial charge >= 0.3 is 5.97 Å². The van der Waals surface area contributed by atoms with Gasteiger partial charge in [-0.1, -0.05) is 17.7 Å². The lowest BCUT2D eigenvalue weighted by Crippen LogP contribution is -2.47. The maximum absolute atomic E-state index is 12.3. The molecular weight excluding hydrogens is 352 g/mol. The maximum Gasteiger partial charge on any atom is 0.320 e. The predicted octanol–water partition coefficient (Wildman–Crippen LogP) is 1.88. The van der Waals surface area contributed by atoms with Crippen LogP contribution in [0.25, 0.3) is 0 Å². The van der Waals surface area contributed by atoms with E-state index < -0.39 is 22.0 Å². The smallest absolute Gasteiger partial charge is 0.320 e. The van der Waals surface area contributed by atoms with Crippen LogP contribution in [0.1, 0.15) is 25.3 Å². The quantitative estimate of drug-likeness (QED) is 0.791. The molecule has 0 radical (unpaired) electrons. The van der Waals surface area contributed by atoms with Crippen LogP contribution in [0.5, 0.6) is 0 Å². The standard InChI is InChI=1S/C16H24N2O4S.ClH/c1-12-5-7-15(8-6-12)23(21,22)17-10-14-4-3-9-18(11-14)13(2)16(19)20;/h5-8,13-14,17H,3-4,9-11H2,1-2H3,(H,19,20);1H. The van der Waals surface area contributed by atoms with E-state index in [1.165, 1.54) is 0 Å². The highest BCUT2D eigenvalue weighted by molar-refractivity contribution is 7.89. The van der Waals surface area contributed by atoms with E-state index >= 15 is 0 Å². The van der Waals surface area contributed by atoms with Crippen LogP contribution >= 0.6 is 12.4 Å². The van der Waals surface area contributed by atoms with Gasteiger partial charge in [0.2, 0.25) is 10.0 Å². The molecule has 0 aliphatic carbocycles. The van der Waals surface area contributed by atoms with E-state index in [2.05, 4.69) is 4.72 Å².